The Hall–Kier alpha value is -0.890. The zero-order chi connectivity index (χ0) is 11.6. The van der Waals surface area contributed by atoms with Crippen molar-refractivity contribution >= 4 is 15.9 Å². The summed E-state index contributed by atoms with van der Waals surface area (Å²) in [5.41, 5.74) is 4.95. The second-order valence-corrected chi connectivity index (χ2v) is 3.22. The van der Waals surface area contributed by atoms with Gasteiger partial charge in [-0.3, -0.25) is 0 Å². The van der Waals surface area contributed by atoms with E-state index in [0.29, 0.717) is 0 Å². The van der Waals surface area contributed by atoms with Crippen LogP contribution in [0.4, 0.5) is 17.6 Å². The maximum absolute atomic E-state index is 13.3. The van der Waals surface area contributed by atoms with Crippen molar-refractivity contribution in [2.45, 2.75) is 12.9 Å². The first-order valence-electron chi connectivity index (χ1n) is 3.64. The predicted molar refractivity (Wildman–Crippen MR) is 46.5 cm³/mol. The van der Waals surface area contributed by atoms with Crippen molar-refractivity contribution in [1.82, 2.24) is 4.98 Å². The lowest BCUT2D eigenvalue weighted by Crippen LogP contribution is -2.19. The lowest BCUT2D eigenvalue weighted by atomic mass is 10.2. The van der Waals surface area contributed by atoms with Gasteiger partial charge in [0.05, 0.1) is 0 Å². The van der Waals surface area contributed by atoms with E-state index in [1.54, 1.807) is 0 Å². The van der Waals surface area contributed by atoms with Gasteiger partial charge in [-0.2, -0.15) is 0 Å². The zero-order valence-electron chi connectivity index (χ0n) is 7.11. The number of aromatic nitrogens is 1. The van der Waals surface area contributed by atoms with Crippen LogP contribution in [-0.4, -0.2) is 11.3 Å². The third kappa shape index (κ3) is 3.03. The molecule has 0 bridgehead atoms. The van der Waals surface area contributed by atoms with Crippen LogP contribution in [0.5, 0.6) is 5.75 Å². The molecule has 0 unspecified atom stereocenters. The molecule has 0 atom stereocenters. The quantitative estimate of drug-likeness (QED) is 0.671. The van der Waals surface area contributed by atoms with Gasteiger partial charge < -0.3 is 10.5 Å². The molecule has 0 saturated heterocycles. The van der Waals surface area contributed by atoms with Crippen LogP contribution in [0.1, 0.15) is 5.56 Å². The number of halogens is 5. The number of nitrogens with two attached hydrogens (primary N) is 1. The van der Waals surface area contributed by atoms with Crippen molar-refractivity contribution in [3.63, 3.8) is 0 Å². The van der Waals surface area contributed by atoms with Gasteiger partial charge in [0.1, 0.15) is 0 Å². The summed E-state index contributed by atoms with van der Waals surface area (Å²) in [5.74, 6) is -2.18. The molecule has 0 aliphatic heterocycles. The molecule has 2 N–H and O–H groups in total. The summed E-state index contributed by atoms with van der Waals surface area (Å²) in [4.78, 5) is 3.47. The van der Waals surface area contributed by atoms with Gasteiger partial charge in [0.25, 0.3) is 0 Å². The highest BCUT2D eigenvalue weighted by molar-refractivity contribution is 9.10. The maximum atomic E-state index is 13.3. The highest BCUT2D eigenvalue weighted by Gasteiger charge is 2.34. The minimum absolute atomic E-state index is 0.155. The Bertz CT molecular complexity index is 369. The Balaban J connectivity index is 3.15. The first-order valence-corrected chi connectivity index (χ1v) is 4.43. The van der Waals surface area contributed by atoms with Gasteiger partial charge >= 0.3 is 6.36 Å². The van der Waals surface area contributed by atoms with Gasteiger partial charge in [-0.25, -0.2) is 9.37 Å². The zero-order valence-corrected chi connectivity index (χ0v) is 8.69. The van der Waals surface area contributed by atoms with Crippen molar-refractivity contribution in [2.24, 2.45) is 5.73 Å². The molecule has 0 radical (unpaired) electrons. The van der Waals surface area contributed by atoms with Gasteiger partial charge in [-0.15, -0.1) is 13.2 Å². The van der Waals surface area contributed by atoms with Crippen LogP contribution in [0.2, 0.25) is 0 Å². The second kappa shape index (κ2) is 4.31. The molecule has 3 nitrogen and oxygen atoms in total. The minimum atomic E-state index is -4.97. The molecule has 0 saturated carbocycles. The fourth-order valence-corrected chi connectivity index (χ4v) is 1.19. The van der Waals surface area contributed by atoms with Crippen LogP contribution < -0.4 is 10.5 Å². The molecule has 1 aromatic heterocycles. The third-order valence-electron chi connectivity index (χ3n) is 1.44. The monoisotopic (exact) mass is 288 g/mol. The summed E-state index contributed by atoms with van der Waals surface area (Å²) in [6.45, 7) is -0.264. The van der Waals surface area contributed by atoms with Gasteiger partial charge in [0.2, 0.25) is 0 Å². The third-order valence-corrected chi connectivity index (χ3v) is 2.00. The van der Waals surface area contributed by atoms with E-state index >= 15 is 0 Å². The number of rotatable bonds is 2. The van der Waals surface area contributed by atoms with E-state index in [9.17, 15) is 17.6 Å². The first-order chi connectivity index (χ1) is 6.85. The van der Waals surface area contributed by atoms with Crippen LogP contribution >= 0.6 is 15.9 Å². The molecule has 8 heteroatoms. The Morgan fingerprint density at radius 1 is 1.47 bits per heavy atom. The molecule has 0 amide bonds. The molecule has 1 heterocycles. The molecule has 0 aromatic carbocycles. The normalized spacial score (nSPS) is 11.6. The van der Waals surface area contributed by atoms with E-state index < -0.39 is 17.9 Å². The van der Waals surface area contributed by atoms with Gasteiger partial charge in [-0.1, -0.05) is 0 Å². The molecule has 0 aliphatic carbocycles. The van der Waals surface area contributed by atoms with E-state index in [2.05, 4.69) is 25.7 Å². The first kappa shape index (κ1) is 12.2. The molecule has 0 fully saturated rings. The van der Waals surface area contributed by atoms with Gasteiger partial charge in [-0.05, 0) is 15.9 Å². The topological polar surface area (TPSA) is 48.1 Å². The Morgan fingerprint density at radius 3 is 2.53 bits per heavy atom. The van der Waals surface area contributed by atoms with Crippen LogP contribution in [0.15, 0.2) is 10.8 Å². The number of hydrogen-bond acceptors (Lipinski definition) is 3. The number of ether oxygens (including phenoxy) is 1. The molecule has 1 rings (SSSR count). The maximum Gasteiger partial charge on any atom is 0.573 e. The number of hydrogen-bond donors (Lipinski definition) is 1. The van der Waals surface area contributed by atoms with Crippen LogP contribution in [0.3, 0.4) is 0 Å². The van der Waals surface area contributed by atoms with Crippen LogP contribution in [0, 0.1) is 5.82 Å². The van der Waals surface area contributed by atoms with E-state index in [1.807, 2.05) is 0 Å². The molecule has 0 aliphatic rings. The summed E-state index contributed by atoms with van der Waals surface area (Å²) >= 11 is 2.65. The van der Waals surface area contributed by atoms with E-state index in [-0.39, 0.29) is 16.7 Å². The molecule has 15 heavy (non-hydrogen) atoms. The standard InChI is InChI=1S/C7H5BrF4N2O/c8-6-5(15-7(10,11)12)4(9)3(1-13)2-14-6/h2H,1,13H2. The lowest BCUT2D eigenvalue weighted by Gasteiger charge is -2.12. The SMILES string of the molecule is NCc1cnc(Br)c(OC(F)(F)F)c1F. The largest absolute Gasteiger partial charge is 0.573 e. The number of pyridine rings is 1. The molecule has 84 valence electrons. The van der Waals surface area contributed by atoms with Crippen molar-refractivity contribution in [3.8, 4) is 5.75 Å². The minimum Gasteiger partial charge on any atom is -0.400 e. The summed E-state index contributed by atoms with van der Waals surface area (Å²) in [5, 5.41) is 0. The highest BCUT2D eigenvalue weighted by atomic mass is 79.9. The number of alkyl halides is 3. The van der Waals surface area contributed by atoms with Gasteiger partial charge in [0, 0.05) is 18.3 Å². The van der Waals surface area contributed by atoms with Crippen molar-refractivity contribution in [2.75, 3.05) is 0 Å². The fourth-order valence-electron chi connectivity index (χ4n) is 0.831. The Kier molecular flexibility index (Phi) is 3.50. The Labute approximate surface area is 90.4 Å². The average Bonchev–Trinajstić information content (AvgIpc) is 2.11. The van der Waals surface area contributed by atoms with E-state index in [1.165, 1.54) is 0 Å². The van der Waals surface area contributed by atoms with Crippen LogP contribution in [0.25, 0.3) is 0 Å². The van der Waals surface area contributed by atoms with Crippen LogP contribution in [-0.2, 0) is 6.54 Å². The predicted octanol–water partition coefficient (Wildman–Crippen LogP) is 2.34. The highest BCUT2D eigenvalue weighted by Crippen LogP contribution is 2.32. The lowest BCUT2D eigenvalue weighted by molar-refractivity contribution is -0.276. The van der Waals surface area contributed by atoms with Crippen molar-refractivity contribution in [3.05, 3.63) is 22.2 Å². The second-order valence-electron chi connectivity index (χ2n) is 2.47. The molecular weight excluding hydrogens is 284 g/mol. The average molecular weight is 289 g/mol. The molecule has 0 spiro atoms. The van der Waals surface area contributed by atoms with E-state index in [4.69, 9.17) is 5.73 Å². The van der Waals surface area contributed by atoms with Crippen molar-refractivity contribution in [1.29, 1.82) is 0 Å². The van der Waals surface area contributed by atoms with Crippen molar-refractivity contribution < 1.29 is 22.3 Å². The van der Waals surface area contributed by atoms with E-state index in [0.717, 1.165) is 6.20 Å². The molecular formula is C7H5BrF4N2O. The molecule has 1 aromatic rings. The summed E-state index contributed by atoms with van der Waals surface area (Å²) in [7, 11) is 0. The summed E-state index contributed by atoms with van der Waals surface area (Å²) in [6.07, 6.45) is -3.94. The number of nitrogens with zero attached hydrogens (tertiary/aromatic N) is 1. The Morgan fingerprint density at radius 2 is 2.07 bits per heavy atom. The fraction of sp³-hybridized carbons (Fsp3) is 0.286. The summed E-state index contributed by atoms with van der Waals surface area (Å²) < 4.78 is 52.0. The smallest absolute Gasteiger partial charge is 0.400 e. The van der Waals surface area contributed by atoms with Gasteiger partial charge in [0.15, 0.2) is 16.2 Å². The summed E-state index contributed by atoms with van der Waals surface area (Å²) in [6, 6.07) is 0.